The van der Waals surface area contributed by atoms with E-state index < -0.39 is 17.9 Å². The summed E-state index contributed by atoms with van der Waals surface area (Å²) in [6, 6.07) is 12.5. The third-order valence-corrected chi connectivity index (χ3v) is 7.71. The van der Waals surface area contributed by atoms with Gasteiger partial charge in [-0.2, -0.15) is 0 Å². The molecule has 0 fully saturated rings. The van der Waals surface area contributed by atoms with Crippen LogP contribution in [0.1, 0.15) is 81.9 Å². The summed E-state index contributed by atoms with van der Waals surface area (Å²) in [4.78, 5) is 46.5. The number of nitrogens with zero attached hydrogens (tertiary/aromatic N) is 2. The first-order valence-corrected chi connectivity index (χ1v) is 13.0. The predicted octanol–water partition coefficient (Wildman–Crippen LogP) is 6.09. The van der Waals surface area contributed by atoms with Crippen LogP contribution < -0.4 is 10.3 Å². The van der Waals surface area contributed by atoms with Gasteiger partial charge < -0.3 is 9.15 Å². The van der Waals surface area contributed by atoms with Gasteiger partial charge in [-0.3, -0.25) is 14.5 Å². The molecule has 0 bridgehead atoms. The molecule has 1 amide bonds. The van der Waals surface area contributed by atoms with Gasteiger partial charge in [-0.25, -0.2) is 9.78 Å². The molecule has 2 aromatic carbocycles. The Bertz CT molecular complexity index is 1610. The molecular formula is C29H28N2O5S. The molecule has 2 aromatic heterocycles. The molecule has 1 atom stereocenters. The molecule has 5 rings (SSSR count). The van der Waals surface area contributed by atoms with Crippen LogP contribution in [0, 0.1) is 13.8 Å². The van der Waals surface area contributed by atoms with Crippen molar-refractivity contribution in [2.24, 2.45) is 0 Å². The normalized spacial score (nSPS) is 15.4. The van der Waals surface area contributed by atoms with Crippen LogP contribution in [0.5, 0.6) is 0 Å². The molecule has 4 aromatic rings. The van der Waals surface area contributed by atoms with Crippen molar-refractivity contribution in [1.29, 1.82) is 0 Å². The standard InChI is InChI=1S/C29H28N2O5S/c1-7-35-27(34)25-16(3)30-28(37-25)31-22(17-9-11-18(12-10-17)29(4,5)6)21-23(32)19-14-15(2)8-13-20(19)36-24(21)26(31)33/h8-14,22H,7H2,1-6H3. The van der Waals surface area contributed by atoms with Crippen molar-refractivity contribution < 1.29 is 18.7 Å². The van der Waals surface area contributed by atoms with E-state index in [4.69, 9.17) is 9.15 Å². The lowest BCUT2D eigenvalue weighted by atomic mass is 9.86. The quantitative estimate of drug-likeness (QED) is 0.305. The Kier molecular flexibility index (Phi) is 6.02. The second kappa shape index (κ2) is 8.95. The summed E-state index contributed by atoms with van der Waals surface area (Å²) in [5.74, 6) is -0.963. The Morgan fingerprint density at radius 3 is 2.46 bits per heavy atom. The van der Waals surface area contributed by atoms with E-state index >= 15 is 0 Å². The van der Waals surface area contributed by atoms with Crippen LogP contribution in [0.25, 0.3) is 11.0 Å². The van der Waals surface area contributed by atoms with Crippen molar-refractivity contribution in [3.05, 3.63) is 91.3 Å². The number of fused-ring (bicyclic) bond motifs is 2. The van der Waals surface area contributed by atoms with Crippen molar-refractivity contribution in [2.45, 2.75) is 53.0 Å². The minimum atomic E-state index is -0.752. The van der Waals surface area contributed by atoms with Crippen molar-refractivity contribution in [2.75, 3.05) is 11.5 Å². The lowest BCUT2D eigenvalue weighted by molar-refractivity contribution is 0.0531. The first-order valence-electron chi connectivity index (χ1n) is 12.2. The second-order valence-electron chi connectivity index (χ2n) is 10.3. The average Bonchev–Trinajstić information content (AvgIpc) is 3.37. The van der Waals surface area contributed by atoms with Crippen molar-refractivity contribution in [3.63, 3.8) is 0 Å². The summed E-state index contributed by atoms with van der Waals surface area (Å²) in [5, 5.41) is 0.730. The third kappa shape index (κ3) is 4.15. The summed E-state index contributed by atoms with van der Waals surface area (Å²) in [6.07, 6.45) is 0. The Balaban J connectivity index is 1.74. The number of rotatable bonds is 4. The maximum absolute atomic E-state index is 13.8. The van der Waals surface area contributed by atoms with Crippen LogP contribution in [0.3, 0.4) is 0 Å². The Morgan fingerprint density at radius 2 is 1.81 bits per heavy atom. The molecule has 1 aliphatic rings. The molecule has 190 valence electrons. The molecule has 0 saturated carbocycles. The summed E-state index contributed by atoms with van der Waals surface area (Å²) >= 11 is 1.07. The maximum Gasteiger partial charge on any atom is 0.350 e. The fourth-order valence-electron chi connectivity index (χ4n) is 4.64. The topological polar surface area (TPSA) is 89.7 Å². The highest BCUT2D eigenvalue weighted by molar-refractivity contribution is 7.17. The Hall–Kier alpha value is -3.78. The molecule has 8 heteroatoms. The number of anilines is 1. The van der Waals surface area contributed by atoms with Gasteiger partial charge in [0.25, 0.3) is 5.91 Å². The van der Waals surface area contributed by atoms with Crippen LogP contribution in [-0.4, -0.2) is 23.5 Å². The van der Waals surface area contributed by atoms with E-state index in [1.54, 1.807) is 26.0 Å². The van der Waals surface area contributed by atoms with Crippen molar-refractivity contribution in [1.82, 2.24) is 4.98 Å². The summed E-state index contributed by atoms with van der Waals surface area (Å²) in [5.41, 5.74) is 3.58. The van der Waals surface area contributed by atoms with E-state index in [-0.39, 0.29) is 28.8 Å². The number of aromatic nitrogens is 1. The van der Waals surface area contributed by atoms with Gasteiger partial charge in [0.15, 0.2) is 10.6 Å². The lowest BCUT2D eigenvalue weighted by Gasteiger charge is -2.24. The van der Waals surface area contributed by atoms with Gasteiger partial charge in [-0.05, 0) is 49.4 Å². The molecule has 0 saturated heterocycles. The SMILES string of the molecule is CCOC(=O)c1sc(N2C(=O)c3oc4ccc(C)cc4c(=O)c3C2c2ccc(C(C)(C)C)cc2)nc1C. The van der Waals surface area contributed by atoms with E-state index in [0.29, 0.717) is 26.7 Å². The van der Waals surface area contributed by atoms with Crippen molar-refractivity contribution in [3.8, 4) is 0 Å². The van der Waals surface area contributed by atoms with Gasteiger partial charge >= 0.3 is 5.97 Å². The number of carbonyl (C=O) groups is 2. The molecule has 0 N–H and O–H groups in total. The van der Waals surface area contributed by atoms with Gasteiger partial charge in [-0.1, -0.05) is 68.0 Å². The molecule has 7 nitrogen and oxygen atoms in total. The zero-order valence-corrected chi connectivity index (χ0v) is 22.5. The number of thiazole rings is 1. The molecule has 0 spiro atoms. The van der Waals surface area contributed by atoms with Crippen LogP contribution in [0.2, 0.25) is 0 Å². The number of ether oxygens (including phenoxy) is 1. The lowest BCUT2D eigenvalue weighted by Crippen LogP contribution is -2.29. The minimum absolute atomic E-state index is 0.00297. The van der Waals surface area contributed by atoms with Crippen LogP contribution in [0.15, 0.2) is 51.7 Å². The number of aryl methyl sites for hydroxylation is 2. The summed E-state index contributed by atoms with van der Waals surface area (Å²) in [7, 11) is 0. The fourth-order valence-corrected chi connectivity index (χ4v) is 5.62. The largest absolute Gasteiger partial charge is 0.462 e. The molecule has 1 unspecified atom stereocenters. The summed E-state index contributed by atoms with van der Waals surface area (Å²) in [6.45, 7) is 11.9. The van der Waals surface area contributed by atoms with Gasteiger partial charge in [-0.15, -0.1) is 0 Å². The predicted molar refractivity (Wildman–Crippen MR) is 144 cm³/mol. The second-order valence-corrected chi connectivity index (χ2v) is 11.2. The monoisotopic (exact) mass is 516 g/mol. The zero-order valence-electron chi connectivity index (χ0n) is 21.7. The molecule has 37 heavy (non-hydrogen) atoms. The van der Waals surface area contributed by atoms with Gasteiger partial charge in [0, 0.05) is 0 Å². The van der Waals surface area contributed by atoms with E-state index in [1.807, 2.05) is 37.3 Å². The minimum Gasteiger partial charge on any atom is -0.462 e. The molecule has 1 aliphatic heterocycles. The molecule has 3 heterocycles. The van der Waals surface area contributed by atoms with E-state index in [9.17, 15) is 14.4 Å². The van der Waals surface area contributed by atoms with Crippen LogP contribution in [0.4, 0.5) is 5.13 Å². The zero-order chi connectivity index (χ0) is 26.6. The molecule has 0 aliphatic carbocycles. The van der Waals surface area contributed by atoms with E-state index in [0.717, 1.165) is 28.0 Å². The Labute approximate surface area is 218 Å². The number of hydrogen-bond donors (Lipinski definition) is 0. The van der Waals surface area contributed by atoms with E-state index in [2.05, 4.69) is 25.8 Å². The van der Waals surface area contributed by atoms with Crippen LogP contribution in [-0.2, 0) is 10.2 Å². The smallest absolute Gasteiger partial charge is 0.350 e. The first-order chi connectivity index (χ1) is 17.5. The van der Waals surface area contributed by atoms with Crippen LogP contribution >= 0.6 is 11.3 Å². The number of carbonyl (C=O) groups excluding carboxylic acids is 2. The number of esters is 1. The summed E-state index contributed by atoms with van der Waals surface area (Å²) < 4.78 is 11.2. The fraction of sp³-hybridized carbons (Fsp3) is 0.310. The highest BCUT2D eigenvalue weighted by atomic mass is 32.1. The average molecular weight is 517 g/mol. The highest BCUT2D eigenvalue weighted by Crippen LogP contribution is 2.43. The maximum atomic E-state index is 13.8. The van der Waals surface area contributed by atoms with Gasteiger partial charge in [0.2, 0.25) is 5.76 Å². The van der Waals surface area contributed by atoms with E-state index in [1.165, 1.54) is 4.90 Å². The molecular weight excluding hydrogens is 488 g/mol. The Morgan fingerprint density at radius 1 is 1.11 bits per heavy atom. The van der Waals surface area contributed by atoms with Gasteiger partial charge in [0.05, 0.1) is 29.3 Å². The number of hydrogen-bond acceptors (Lipinski definition) is 7. The van der Waals surface area contributed by atoms with Gasteiger partial charge in [0.1, 0.15) is 10.5 Å². The van der Waals surface area contributed by atoms with Crippen molar-refractivity contribution >= 4 is 39.3 Å². The number of benzene rings is 2. The first kappa shape index (κ1) is 24.9. The third-order valence-electron chi connectivity index (χ3n) is 6.57. The highest BCUT2D eigenvalue weighted by Gasteiger charge is 2.45. The number of amides is 1. The molecule has 0 radical (unpaired) electrons.